The molecule has 0 bridgehead atoms. The SMILES string of the molecule is O=C(COc1ccc(Cl)cc1Cl)NNC(=O)c1ccc(OCC2CCCO2)cc1. The Balaban J connectivity index is 1.40. The molecule has 29 heavy (non-hydrogen) atoms. The van der Waals surface area contributed by atoms with E-state index >= 15 is 0 Å². The molecular weight excluding hydrogens is 419 g/mol. The molecule has 1 aliphatic heterocycles. The minimum absolute atomic E-state index is 0.123. The highest BCUT2D eigenvalue weighted by Crippen LogP contribution is 2.27. The van der Waals surface area contributed by atoms with Crippen molar-refractivity contribution in [2.75, 3.05) is 19.8 Å². The van der Waals surface area contributed by atoms with Gasteiger partial charge in [0.1, 0.15) is 18.1 Å². The zero-order valence-electron chi connectivity index (χ0n) is 15.5. The molecule has 0 aliphatic carbocycles. The molecule has 9 heteroatoms. The third-order valence-electron chi connectivity index (χ3n) is 4.14. The van der Waals surface area contributed by atoms with E-state index in [4.69, 9.17) is 37.4 Å². The van der Waals surface area contributed by atoms with Gasteiger partial charge in [0.25, 0.3) is 11.8 Å². The van der Waals surface area contributed by atoms with E-state index in [0.29, 0.717) is 28.7 Å². The van der Waals surface area contributed by atoms with Crippen molar-refractivity contribution >= 4 is 35.0 Å². The largest absolute Gasteiger partial charge is 0.491 e. The molecule has 0 spiro atoms. The Morgan fingerprint density at radius 1 is 1.07 bits per heavy atom. The average Bonchev–Trinajstić information content (AvgIpc) is 3.24. The standard InChI is InChI=1S/C20H20Cl2N2O5/c21-14-5-8-18(17(22)10-14)29-12-19(25)23-24-20(26)13-3-6-15(7-4-13)28-11-16-2-1-9-27-16/h3-8,10,16H,1-2,9,11-12H2,(H,23,25)(H,24,26). The molecule has 2 aromatic rings. The van der Waals surface area contributed by atoms with E-state index in [-0.39, 0.29) is 17.7 Å². The zero-order valence-corrected chi connectivity index (χ0v) is 17.0. The first-order chi connectivity index (χ1) is 14.0. The summed E-state index contributed by atoms with van der Waals surface area (Å²) in [6, 6.07) is 11.3. The van der Waals surface area contributed by atoms with Gasteiger partial charge in [0, 0.05) is 17.2 Å². The second kappa shape index (κ2) is 10.3. The normalized spacial score (nSPS) is 15.6. The molecule has 1 aliphatic rings. The number of halogens is 2. The second-order valence-electron chi connectivity index (χ2n) is 6.34. The molecule has 1 heterocycles. The Hall–Kier alpha value is -2.48. The predicted octanol–water partition coefficient (Wildman–Crippen LogP) is 3.39. The highest BCUT2D eigenvalue weighted by Gasteiger charge is 2.16. The molecule has 3 rings (SSSR count). The molecule has 154 valence electrons. The predicted molar refractivity (Wildman–Crippen MR) is 108 cm³/mol. The molecule has 2 N–H and O–H groups in total. The zero-order chi connectivity index (χ0) is 20.6. The molecule has 7 nitrogen and oxygen atoms in total. The fraction of sp³-hybridized carbons (Fsp3) is 0.300. The lowest BCUT2D eigenvalue weighted by molar-refractivity contribution is -0.123. The van der Waals surface area contributed by atoms with Crippen LogP contribution in [0.2, 0.25) is 10.0 Å². The van der Waals surface area contributed by atoms with Gasteiger partial charge < -0.3 is 14.2 Å². The number of hydrazine groups is 1. The molecule has 0 radical (unpaired) electrons. The molecule has 1 fully saturated rings. The first-order valence-electron chi connectivity index (χ1n) is 9.03. The third-order valence-corrected chi connectivity index (χ3v) is 4.67. The fourth-order valence-electron chi connectivity index (χ4n) is 2.64. The van der Waals surface area contributed by atoms with E-state index in [1.165, 1.54) is 6.07 Å². The topological polar surface area (TPSA) is 85.9 Å². The van der Waals surface area contributed by atoms with Crippen LogP contribution in [-0.4, -0.2) is 37.7 Å². The number of carbonyl (C=O) groups excluding carboxylic acids is 2. The van der Waals surface area contributed by atoms with Crippen molar-refractivity contribution in [1.82, 2.24) is 10.9 Å². The Kier molecular flexibility index (Phi) is 7.57. The van der Waals surface area contributed by atoms with Crippen LogP contribution in [0, 0.1) is 0 Å². The van der Waals surface area contributed by atoms with Gasteiger partial charge in [0.2, 0.25) is 0 Å². The van der Waals surface area contributed by atoms with Gasteiger partial charge in [-0.3, -0.25) is 20.4 Å². The van der Waals surface area contributed by atoms with Gasteiger partial charge in [-0.15, -0.1) is 0 Å². The van der Waals surface area contributed by atoms with E-state index in [9.17, 15) is 9.59 Å². The average molecular weight is 439 g/mol. The number of amides is 2. The molecule has 1 unspecified atom stereocenters. The van der Waals surface area contributed by atoms with E-state index < -0.39 is 11.8 Å². The van der Waals surface area contributed by atoms with Gasteiger partial charge in [-0.05, 0) is 55.3 Å². The lowest BCUT2D eigenvalue weighted by atomic mass is 10.2. The van der Waals surface area contributed by atoms with Crippen LogP contribution in [0.1, 0.15) is 23.2 Å². The van der Waals surface area contributed by atoms with Gasteiger partial charge in [-0.2, -0.15) is 0 Å². The van der Waals surface area contributed by atoms with Crippen molar-refractivity contribution in [3.63, 3.8) is 0 Å². The molecule has 0 aromatic heterocycles. The molecule has 2 amide bonds. The molecule has 1 atom stereocenters. The lowest BCUT2D eigenvalue weighted by Crippen LogP contribution is -2.43. The molecule has 2 aromatic carbocycles. The number of hydrogen-bond acceptors (Lipinski definition) is 5. The Morgan fingerprint density at radius 3 is 2.55 bits per heavy atom. The van der Waals surface area contributed by atoms with Crippen LogP contribution in [-0.2, 0) is 9.53 Å². The van der Waals surface area contributed by atoms with Gasteiger partial charge in [0.05, 0.1) is 11.1 Å². The van der Waals surface area contributed by atoms with Crippen LogP contribution >= 0.6 is 23.2 Å². The summed E-state index contributed by atoms with van der Waals surface area (Å²) in [5.41, 5.74) is 4.97. The second-order valence-corrected chi connectivity index (χ2v) is 7.18. The van der Waals surface area contributed by atoms with Crippen LogP contribution in [0.15, 0.2) is 42.5 Å². The fourth-order valence-corrected chi connectivity index (χ4v) is 3.10. The number of ether oxygens (including phenoxy) is 3. The summed E-state index contributed by atoms with van der Waals surface area (Å²) < 4.78 is 16.4. The summed E-state index contributed by atoms with van der Waals surface area (Å²) in [4.78, 5) is 24.0. The Labute approximate surface area is 178 Å². The summed E-state index contributed by atoms with van der Waals surface area (Å²) in [5.74, 6) is -0.0418. The maximum atomic E-state index is 12.1. The smallest absolute Gasteiger partial charge is 0.276 e. The quantitative estimate of drug-likeness (QED) is 0.647. The summed E-state index contributed by atoms with van der Waals surface area (Å²) in [6.45, 7) is 0.938. The van der Waals surface area contributed by atoms with Crippen LogP contribution in [0.25, 0.3) is 0 Å². The van der Waals surface area contributed by atoms with Crippen molar-refractivity contribution in [2.45, 2.75) is 18.9 Å². The van der Waals surface area contributed by atoms with Crippen molar-refractivity contribution in [1.29, 1.82) is 0 Å². The maximum absolute atomic E-state index is 12.1. The first-order valence-corrected chi connectivity index (χ1v) is 9.78. The van der Waals surface area contributed by atoms with Crippen LogP contribution in [0.3, 0.4) is 0 Å². The van der Waals surface area contributed by atoms with E-state index in [1.54, 1.807) is 36.4 Å². The molecular formula is C20H20Cl2N2O5. The third kappa shape index (κ3) is 6.52. The minimum Gasteiger partial charge on any atom is -0.491 e. The van der Waals surface area contributed by atoms with Crippen molar-refractivity contribution in [2.24, 2.45) is 0 Å². The van der Waals surface area contributed by atoms with E-state index in [2.05, 4.69) is 10.9 Å². The first kappa shape index (κ1) is 21.2. The Bertz CT molecular complexity index is 854. The van der Waals surface area contributed by atoms with Gasteiger partial charge >= 0.3 is 0 Å². The van der Waals surface area contributed by atoms with Crippen LogP contribution in [0.4, 0.5) is 0 Å². The van der Waals surface area contributed by atoms with Gasteiger partial charge in [-0.1, -0.05) is 23.2 Å². The minimum atomic E-state index is -0.541. The summed E-state index contributed by atoms with van der Waals surface area (Å²) in [5, 5.41) is 0.749. The van der Waals surface area contributed by atoms with Gasteiger partial charge in [0.15, 0.2) is 6.61 Å². The highest BCUT2D eigenvalue weighted by molar-refractivity contribution is 6.35. The monoisotopic (exact) mass is 438 g/mol. The number of hydrogen-bond donors (Lipinski definition) is 2. The van der Waals surface area contributed by atoms with Crippen LogP contribution < -0.4 is 20.3 Å². The number of carbonyl (C=O) groups is 2. The van der Waals surface area contributed by atoms with Crippen molar-refractivity contribution in [3.05, 3.63) is 58.1 Å². The van der Waals surface area contributed by atoms with E-state index in [0.717, 1.165) is 19.4 Å². The molecule has 0 saturated carbocycles. The lowest BCUT2D eigenvalue weighted by Gasteiger charge is -2.12. The van der Waals surface area contributed by atoms with E-state index in [1.807, 2.05) is 0 Å². The maximum Gasteiger partial charge on any atom is 0.276 e. The number of benzene rings is 2. The summed E-state index contributed by atoms with van der Waals surface area (Å²) in [7, 11) is 0. The molecule has 1 saturated heterocycles. The van der Waals surface area contributed by atoms with Gasteiger partial charge in [-0.25, -0.2) is 0 Å². The van der Waals surface area contributed by atoms with Crippen molar-refractivity contribution < 1.29 is 23.8 Å². The highest BCUT2D eigenvalue weighted by atomic mass is 35.5. The summed E-state index contributed by atoms with van der Waals surface area (Å²) in [6.07, 6.45) is 2.17. The Morgan fingerprint density at radius 2 is 1.86 bits per heavy atom. The van der Waals surface area contributed by atoms with Crippen molar-refractivity contribution in [3.8, 4) is 11.5 Å². The summed E-state index contributed by atoms with van der Waals surface area (Å²) >= 11 is 11.8. The number of nitrogens with one attached hydrogen (secondary N) is 2. The van der Waals surface area contributed by atoms with Crippen LogP contribution in [0.5, 0.6) is 11.5 Å². The number of rotatable bonds is 7.